The number of fused-ring (bicyclic) bond motifs is 2. The van der Waals surface area contributed by atoms with Crippen LogP contribution in [0.4, 0.5) is 0 Å². The average molecular weight is 425 g/mol. The number of esters is 1. The van der Waals surface area contributed by atoms with Crippen LogP contribution in [-0.4, -0.2) is 23.3 Å². The highest BCUT2D eigenvalue weighted by molar-refractivity contribution is 5.72. The molecule has 0 N–H and O–H groups in total. The third kappa shape index (κ3) is 6.10. The van der Waals surface area contributed by atoms with Gasteiger partial charge in [0.15, 0.2) is 0 Å². The van der Waals surface area contributed by atoms with E-state index in [1.54, 1.807) is 0 Å². The van der Waals surface area contributed by atoms with E-state index in [2.05, 4.69) is 46.8 Å². The number of hydrogen-bond donors (Lipinski definition) is 0. The highest BCUT2D eigenvalue weighted by Gasteiger charge is 2.52. The molecule has 2 bridgehead atoms. The lowest BCUT2D eigenvalue weighted by Crippen LogP contribution is -2.46. The minimum absolute atomic E-state index is 0.162. The molecular weight excluding hydrogens is 384 g/mol. The second-order valence-corrected chi connectivity index (χ2v) is 10.2. The van der Waals surface area contributed by atoms with E-state index in [4.69, 9.17) is 9.47 Å². The SMILES string of the molecule is C/C1=C\C[C@]2(C(C)C)CC[C@@](C)(O2)[C@@H](OC(=O)Cc2ccccc2)CC/C(C)=C/CC1. The number of carbonyl (C=O) groups is 1. The van der Waals surface area contributed by atoms with Crippen LogP contribution in [-0.2, 0) is 20.7 Å². The van der Waals surface area contributed by atoms with Gasteiger partial charge in [0.1, 0.15) is 11.7 Å². The first-order chi connectivity index (χ1) is 14.7. The van der Waals surface area contributed by atoms with E-state index in [0.717, 1.165) is 50.5 Å². The largest absolute Gasteiger partial charge is 0.459 e. The first-order valence-corrected chi connectivity index (χ1v) is 12.0. The molecule has 31 heavy (non-hydrogen) atoms. The topological polar surface area (TPSA) is 35.5 Å². The molecule has 3 atom stereocenters. The van der Waals surface area contributed by atoms with E-state index >= 15 is 0 Å². The summed E-state index contributed by atoms with van der Waals surface area (Å²) in [7, 11) is 0. The van der Waals surface area contributed by atoms with Gasteiger partial charge in [-0.3, -0.25) is 4.79 Å². The van der Waals surface area contributed by atoms with Crippen LogP contribution in [0.15, 0.2) is 53.6 Å². The fourth-order valence-corrected chi connectivity index (χ4v) is 4.95. The minimum atomic E-state index is -0.452. The van der Waals surface area contributed by atoms with E-state index in [1.165, 1.54) is 11.1 Å². The molecule has 0 amide bonds. The Morgan fingerprint density at radius 3 is 2.52 bits per heavy atom. The normalized spacial score (nSPS) is 33.3. The molecule has 2 aliphatic rings. The zero-order chi connectivity index (χ0) is 22.5. The Kier molecular flexibility index (Phi) is 7.80. The standard InChI is InChI=1S/C28H40O3/c1-21(2)28-17-16-23(4)11-9-10-22(3)14-15-25(27(5,31-28)18-19-28)30-26(29)20-24-12-7-6-8-13-24/h6-8,10,12-13,16,21,25H,9,11,14-15,17-20H2,1-5H3/b22-10+,23-16+/t25-,27+,28+/m0/s1. The Labute approximate surface area is 188 Å². The quantitative estimate of drug-likeness (QED) is 0.387. The summed E-state index contributed by atoms with van der Waals surface area (Å²) in [6.07, 6.45) is 11.5. The predicted octanol–water partition coefficient (Wildman–Crippen LogP) is 6.96. The third-order valence-electron chi connectivity index (χ3n) is 7.31. The summed E-state index contributed by atoms with van der Waals surface area (Å²) < 4.78 is 13.1. The molecule has 170 valence electrons. The summed E-state index contributed by atoms with van der Waals surface area (Å²) in [6, 6.07) is 9.84. The molecular formula is C28H40O3. The molecule has 0 spiro atoms. The highest BCUT2D eigenvalue weighted by atomic mass is 16.6. The smallest absolute Gasteiger partial charge is 0.310 e. The second kappa shape index (κ2) is 10.2. The summed E-state index contributed by atoms with van der Waals surface area (Å²) in [4.78, 5) is 12.9. The Hall–Kier alpha value is -1.87. The Bertz CT molecular complexity index is 807. The zero-order valence-electron chi connectivity index (χ0n) is 20.1. The van der Waals surface area contributed by atoms with E-state index in [-0.39, 0.29) is 17.7 Å². The van der Waals surface area contributed by atoms with Gasteiger partial charge in [-0.15, -0.1) is 0 Å². The fraction of sp³-hybridized carbons (Fsp3) is 0.607. The molecule has 0 aromatic heterocycles. The lowest BCUT2D eigenvalue weighted by atomic mass is 9.82. The minimum Gasteiger partial charge on any atom is -0.459 e. The summed E-state index contributed by atoms with van der Waals surface area (Å²) in [5, 5.41) is 0. The van der Waals surface area contributed by atoms with Crippen molar-refractivity contribution in [1.82, 2.24) is 0 Å². The number of hydrogen-bond acceptors (Lipinski definition) is 3. The van der Waals surface area contributed by atoms with E-state index in [0.29, 0.717) is 12.3 Å². The van der Waals surface area contributed by atoms with E-state index < -0.39 is 5.60 Å². The molecule has 1 aromatic rings. The first kappa shape index (κ1) is 23.8. The van der Waals surface area contributed by atoms with Crippen molar-refractivity contribution in [3.8, 4) is 0 Å². The van der Waals surface area contributed by atoms with Crippen LogP contribution in [0.1, 0.15) is 85.1 Å². The van der Waals surface area contributed by atoms with Gasteiger partial charge < -0.3 is 9.47 Å². The van der Waals surface area contributed by atoms with Crippen LogP contribution in [0.2, 0.25) is 0 Å². The zero-order valence-corrected chi connectivity index (χ0v) is 20.1. The van der Waals surface area contributed by atoms with Crippen LogP contribution < -0.4 is 0 Å². The van der Waals surface area contributed by atoms with Crippen LogP contribution >= 0.6 is 0 Å². The molecule has 0 unspecified atom stereocenters. The summed E-state index contributed by atoms with van der Waals surface area (Å²) in [6.45, 7) is 11.1. The molecule has 0 saturated carbocycles. The van der Waals surface area contributed by atoms with Crippen molar-refractivity contribution >= 4 is 5.97 Å². The second-order valence-electron chi connectivity index (χ2n) is 10.2. The molecule has 1 fully saturated rings. The van der Waals surface area contributed by atoms with Gasteiger partial charge in [0.05, 0.1) is 12.0 Å². The molecule has 3 nitrogen and oxygen atoms in total. The number of allylic oxidation sites excluding steroid dienone is 3. The monoisotopic (exact) mass is 424 g/mol. The number of carbonyl (C=O) groups excluding carboxylic acids is 1. The number of rotatable bonds is 4. The van der Waals surface area contributed by atoms with Gasteiger partial charge in [0.2, 0.25) is 0 Å². The van der Waals surface area contributed by atoms with Gasteiger partial charge in [0.25, 0.3) is 0 Å². The van der Waals surface area contributed by atoms with Crippen molar-refractivity contribution in [3.05, 3.63) is 59.2 Å². The van der Waals surface area contributed by atoms with Gasteiger partial charge in [-0.25, -0.2) is 0 Å². The Morgan fingerprint density at radius 2 is 1.81 bits per heavy atom. The van der Waals surface area contributed by atoms with Gasteiger partial charge in [-0.2, -0.15) is 0 Å². The summed E-state index contributed by atoms with van der Waals surface area (Å²) >= 11 is 0. The van der Waals surface area contributed by atoms with Crippen LogP contribution in [0.5, 0.6) is 0 Å². The van der Waals surface area contributed by atoms with E-state index in [1.807, 2.05) is 30.3 Å². The van der Waals surface area contributed by atoms with Crippen molar-refractivity contribution in [3.63, 3.8) is 0 Å². The Balaban J connectivity index is 1.84. The molecule has 2 heterocycles. The number of ether oxygens (including phenoxy) is 2. The van der Waals surface area contributed by atoms with Gasteiger partial charge in [-0.05, 0) is 77.2 Å². The van der Waals surface area contributed by atoms with Crippen molar-refractivity contribution < 1.29 is 14.3 Å². The van der Waals surface area contributed by atoms with Crippen molar-refractivity contribution in [1.29, 1.82) is 0 Å². The van der Waals surface area contributed by atoms with Gasteiger partial charge in [0, 0.05) is 0 Å². The van der Waals surface area contributed by atoms with Crippen LogP contribution in [0.3, 0.4) is 0 Å². The van der Waals surface area contributed by atoms with E-state index in [9.17, 15) is 4.79 Å². The lowest BCUT2D eigenvalue weighted by molar-refractivity contribution is -0.187. The van der Waals surface area contributed by atoms with Crippen molar-refractivity contribution in [2.45, 2.75) is 103 Å². The maximum atomic E-state index is 12.9. The van der Waals surface area contributed by atoms with Crippen LogP contribution in [0, 0.1) is 5.92 Å². The summed E-state index contributed by atoms with van der Waals surface area (Å²) in [5.41, 5.74) is 3.16. The van der Waals surface area contributed by atoms with Gasteiger partial charge >= 0.3 is 5.97 Å². The average Bonchev–Trinajstić information content (AvgIpc) is 3.09. The van der Waals surface area contributed by atoms with Gasteiger partial charge in [-0.1, -0.05) is 67.5 Å². The third-order valence-corrected chi connectivity index (χ3v) is 7.31. The fourth-order valence-electron chi connectivity index (χ4n) is 4.95. The first-order valence-electron chi connectivity index (χ1n) is 12.0. The summed E-state index contributed by atoms with van der Waals surface area (Å²) in [5.74, 6) is 0.244. The predicted molar refractivity (Wildman–Crippen MR) is 127 cm³/mol. The van der Waals surface area contributed by atoms with Crippen LogP contribution in [0.25, 0.3) is 0 Å². The Morgan fingerprint density at radius 1 is 1.10 bits per heavy atom. The maximum Gasteiger partial charge on any atom is 0.310 e. The van der Waals surface area contributed by atoms with Crippen molar-refractivity contribution in [2.75, 3.05) is 0 Å². The maximum absolute atomic E-state index is 12.9. The highest BCUT2D eigenvalue weighted by Crippen LogP contribution is 2.48. The lowest BCUT2D eigenvalue weighted by Gasteiger charge is -2.39. The van der Waals surface area contributed by atoms with Crippen molar-refractivity contribution in [2.24, 2.45) is 5.92 Å². The molecule has 1 aromatic carbocycles. The molecule has 1 saturated heterocycles. The molecule has 3 heteroatoms. The molecule has 3 rings (SSSR count). The number of benzene rings is 1. The molecule has 2 aliphatic heterocycles. The molecule has 0 radical (unpaired) electrons. The molecule has 0 aliphatic carbocycles.